The van der Waals surface area contributed by atoms with Crippen molar-refractivity contribution < 1.29 is 13.2 Å². The molecule has 30 heavy (non-hydrogen) atoms. The predicted octanol–water partition coefficient (Wildman–Crippen LogP) is 1.86. The Bertz CT molecular complexity index is 992. The number of anilines is 1. The van der Waals surface area contributed by atoms with Crippen molar-refractivity contribution >= 4 is 21.6 Å². The fourth-order valence-electron chi connectivity index (χ4n) is 4.49. The van der Waals surface area contributed by atoms with Crippen LogP contribution in [0.15, 0.2) is 41.8 Å². The summed E-state index contributed by atoms with van der Waals surface area (Å²) >= 11 is 0. The first-order chi connectivity index (χ1) is 14.4. The molecule has 0 bridgehead atoms. The Kier molecular flexibility index (Phi) is 5.84. The zero-order chi connectivity index (χ0) is 21.3. The van der Waals surface area contributed by atoms with Crippen molar-refractivity contribution in [2.24, 2.45) is 5.92 Å². The third kappa shape index (κ3) is 4.09. The Balaban J connectivity index is 1.41. The van der Waals surface area contributed by atoms with Gasteiger partial charge in [-0.3, -0.25) is 4.79 Å². The van der Waals surface area contributed by atoms with Crippen molar-refractivity contribution in [2.75, 3.05) is 37.6 Å². The second kappa shape index (κ2) is 8.39. The molecule has 0 saturated carbocycles. The molecule has 1 N–H and O–H groups in total. The summed E-state index contributed by atoms with van der Waals surface area (Å²) in [6.07, 6.45) is 4.07. The van der Waals surface area contributed by atoms with Crippen LogP contribution in [0.25, 0.3) is 0 Å². The summed E-state index contributed by atoms with van der Waals surface area (Å²) in [6.45, 7) is 6.96. The number of carbonyl (C=O) groups excluding carboxylic acids is 1. The number of sulfonamides is 1. The number of nitrogens with zero attached hydrogens (tertiary/aromatic N) is 4. The maximum atomic E-state index is 13.2. The molecular formula is C21H29N5O3S. The number of nitrogens with one attached hydrogen (secondary N) is 1. The Morgan fingerprint density at radius 3 is 2.73 bits per heavy atom. The van der Waals surface area contributed by atoms with E-state index in [0.717, 1.165) is 13.0 Å². The fraction of sp³-hybridized carbons (Fsp3) is 0.524. The number of piperidine rings is 1. The van der Waals surface area contributed by atoms with E-state index in [1.165, 1.54) is 28.1 Å². The molecule has 4 rings (SSSR count). The van der Waals surface area contributed by atoms with Gasteiger partial charge >= 0.3 is 0 Å². The monoisotopic (exact) mass is 431 g/mol. The van der Waals surface area contributed by atoms with E-state index in [1.807, 2.05) is 4.90 Å². The lowest BCUT2D eigenvalue weighted by Crippen LogP contribution is -2.56. The lowest BCUT2D eigenvalue weighted by molar-refractivity contribution is -0.137. The van der Waals surface area contributed by atoms with Gasteiger partial charge < -0.3 is 14.8 Å². The molecule has 0 unspecified atom stereocenters. The van der Waals surface area contributed by atoms with Gasteiger partial charge in [-0.05, 0) is 44.4 Å². The molecule has 3 heterocycles. The topological polar surface area (TPSA) is 89.6 Å². The zero-order valence-electron chi connectivity index (χ0n) is 17.5. The van der Waals surface area contributed by atoms with Crippen LogP contribution in [0, 0.1) is 12.8 Å². The van der Waals surface area contributed by atoms with Crippen molar-refractivity contribution in [2.45, 2.75) is 37.8 Å². The van der Waals surface area contributed by atoms with E-state index in [4.69, 9.17) is 0 Å². The van der Waals surface area contributed by atoms with Gasteiger partial charge in [0.2, 0.25) is 5.91 Å². The van der Waals surface area contributed by atoms with Crippen LogP contribution < -0.4 is 4.90 Å². The summed E-state index contributed by atoms with van der Waals surface area (Å²) < 4.78 is 27.0. The standard InChI is InChI=1S/C21H29N5O3S/c1-16-5-3-7-19(11-16)26-10-9-24(13-17(26)2)21(27)18-6-4-8-25(14-18)30(28,29)20-12-22-15-23-20/h3,5,7,11-12,15,17-18H,4,6,8-10,13-14H2,1-2H3,(H,22,23)/t17-,18+/m0/s1. The number of benzene rings is 1. The average molecular weight is 432 g/mol. The van der Waals surface area contributed by atoms with E-state index in [2.05, 4.69) is 53.0 Å². The molecule has 2 aliphatic heterocycles. The summed E-state index contributed by atoms with van der Waals surface area (Å²) in [5.41, 5.74) is 2.41. The number of piperazine rings is 1. The maximum Gasteiger partial charge on any atom is 0.260 e. The SMILES string of the molecule is Cc1cccc(N2CCN(C(=O)[C@@H]3CCCN(S(=O)(=O)c4cnc[nH]4)C3)C[C@@H]2C)c1. The summed E-state index contributed by atoms with van der Waals surface area (Å²) in [5, 5.41) is 0.0796. The minimum absolute atomic E-state index is 0.0650. The van der Waals surface area contributed by atoms with Crippen LogP contribution in [0.3, 0.4) is 0 Å². The molecule has 2 fully saturated rings. The van der Waals surface area contributed by atoms with Gasteiger partial charge in [0.1, 0.15) is 0 Å². The van der Waals surface area contributed by atoms with Crippen molar-refractivity contribution in [3.05, 3.63) is 42.4 Å². The summed E-state index contributed by atoms with van der Waals surface area (Å²) in [6, 6.07) is 8.64. The number of imidazole rings is 1. The number of rotatable bonds is 4. The van der Waals surface area contributed by atoms with Gasteiger partial charge in [-0.15, -0.1) is 0 Å². The average Bonchev–Trinajstić information content (AvgIpc) is 3.29. The van der Waals surface area contributed by atoms with Gasteiger partial charge in [0, 0.05) is 44.5 Å². The minimum Gasteiger partial charge on any atom is -0.365 e. The highest BCUT2D eigenvalue weighted by atomic mass is 32.2. The van der Waals surface area contributed by atoms with Crippen LogP contribution in [-0.4, -0.2) is 72.3 Å². The molecule has 2 aliphatic rings. The van der Waals surface area contributed by atoms with Crippen LogP contribution in [0.5, 0.6) is 0 Å². The largest absolute Gasteiger partial charge is 0.365 e. The second-order valence-electron chi connectivity index (χ2n) is 8.28. The molecule has 0 radical (unpaired) electrons. The van der Waals surface area contributed by atoms with Crippen molar-refractivity contribution in [3.8, 4) is 0 Å². The van der Waals surface area contributed by atoms with E-state index in [0.29, 0.717) is 26.1 Å². The molecule has 0 aliphatic carbocycles. The van der Waals surface area contributed by atoms with Crippen LogP contribution >= 0.6 is 0 Å². The van der Waals surface area contributed by atoms with Crippen molar-refractivity contribution in [3.63, 3.8) is 0 Å². The minimum atomic E-state index is -3.64. The number of aromatic amines is 1. The molecule has 9 heteroatoms. The number of amides is 1. The molecule has 2 atom stereocenters. The molecule has 1 amide bonds. The van der Waals surface area contributed by atoms with E-state index in [1.54, 1.807) is 0 Å². The Morgan fingerprint density at radius 1 is 1.20 bits per heavy atom. The number of aryl methyl sites for hydroxylation is 1. The second-order valence-corrected chi connectivity index (χ2v) is 10.2. The van der Waals surface area contributed by atoms with Crippen LogP contribution in [-0.2, 0) is 14.8 Å². The van der Waals surface area contributed by atoms with Gasteiger partial charge in [0.15, 0.2) is 5.03 Å². The van der Waals surface area contributed by atoms with Gasteiger partial charge in [0.25, 0.3) is 10.0 Å². The highest BCUT2D eigenvalue weighted by molar-refractivity contribution is 7.89. The number of carbonyl (C=O) groups is 1. The molecule has 0 spiro atoms. The molecule has 8 nitrogen and oxygen atoms in total. The van der Waals surface area contributed by atoms with E-state index in [-0.39, 0.29) is 29.4 Å². The number of H-pyrrole nitrogens is 1. The molecule has 162 valence electrons. The Labute approximate surface area is 177 Å². The Hall–Kier alpha value is -2.39. The van der Waals surface area contributed by atoms with Crippen molar-refractivity contribution in [1.82, 2.24) is 19.2 Å². The number of hydrogen-bond acceptors (Lipinski definition) is 5. The van der Waals surface area contributed by atoms with Gasteiger partial charge in [0.05, 0.1) is 18.4 Å². The Morgan fingerprint density at radius 2 is 2.03 bits per heavy atom. The van der Waals surface area contributed by atoms with Crippen LogP contribution in [0.1, 0.15) is 25.3 Å². The summed E-state index contributed by atoms with van der Waals surface area (Å²) in [4.78, 5) is 24.0. The normalized spacial score (nSPS) is 23.5. The highest BCUT2D eigenvalue weighted by Gasteiger charge is 2.37. The van der Waals surface area contributed by atoms with Crippen LogP contribution in [0.4, 0.5) is 5.69 Å². The van der Waals surface area contributed by atoms with Gasteiger partial charge in [-0.1, -0.05) is 12.1 Å². The lowest BCUT2D eigenvalue weighted by Gasteiger charge is -2.43. The van der Waals surface area contributed by atoms with Gasteiger partial charge in [-0.2, -0.15) is 4.31 Å². The fourth-order valence-corrected chi connectivity index (χ4v) is 5.91. The smallest absolute Gasteiger partial charge is 0.260 e. The van der Waals surface area contributed by atoms with Gasteiger partial charge in [-0.25, -0.2) is 13.4 Å². The number of hydrogen-bond donors (Lipinski definition) is 1. The first-order valence-electron chi connectivity index (χ1n) is 10.5. The maximum absolute atomic E-state index is 13.2. The predicted molar refractivity (Wildman–Crippen MR) is 115 cm³/mol. The first kappa shape index (κ1) is 20.9. The number of aromatic nitrogens is 2. The van der Waals surface area contributed by atoms with E-state index < -0.39 is 10.0 Å². The van der Waals surface area contributed by atoms with E-state index >= 15 is 0 Å². The summed E-state index contributed by atoms with van der Waals surface area (Å²) in [5.74, 6) is -0.232. The third-order valence-corrected chi connectivity index (χ3v) is 7.89. The molecular weight excluding hydrogens is 402 g/mol. The quantitative estimate of drug-likeness (QED) is 0.798. The summed E-state index contributed by atoms with van der Waals surface area (Å²) in [7, 11) is -3.64. The highest BCUT2D eigenvalue weighted by Crippen LogP contribution is 2.26. The molecule has 1 aromatic heterocycles. The first-order valence-corrected chi connectivity index (χ1v) is 11.9. The lowest BCUT2D eigenvalue weighted by atomic mass is 9.97. The van der Waals surface area contributed by atoms with Crippen LogP contribution in [0.2, 0.25) is 0 Å². The third-order valence-electron chi connectivity index (χ3n) is 6.10. The van der Waals surface area contributed by atoms with E-state index in [9.17, 15) is 13.2 Å². The molecule has 2 saturated heterocycles. The molecule has 1 aromatic carbocycles. The van der Waals surface area contributed by atoms with Crippen molar-refractivity contribution in [1.29, 1.82) is 0 Å². The zero-order valence-corrected chi connectivity index (χ0v) is 18.3. The molecule has 2 aromatic rings.